The van der Waals surface area contributed by atoms with E-state index in [0.29, 0.717) is 11.3 Å². The van der Waals surface area contributed by atoms with Crippen LogP contribution in [0.4, 0.5) is 10.5 Å². The number of carboxylic acids is 1. The number of hydrogen-bond acceptors (Lipinski definition) is 4. The van der Waals surface area contributed by atoms with Crippen LogP contribution in [0.5, 0.6) is 0 Å². The molecule has 6 heteroatoms. The van der Waals surface area contributed by atoms with Gasteiger partial charge in [-0.15, -0.1) is 0 Å². The van der Waals surface area contributed by atoms with E-state index >= 15 is 0 Å². The number of aliphatic carboxylic acids is 1. The van der Waals surface area contributed by atoms with Crippen molar-refractivity contribution in [3.63, 3.8) is 0 Å². The molecule has 1 aliphatic heterocycles. The summed E-state index contributed by atoms with van der Waals surface area (Å²) in [5, 5.41) is 8.82. The van der Waals surface area contributed by atoms with E-state index in [1.54, 1.807) is 24.3 Å². The molecule has 100 valence electrons. The molecule has 0 bridgehead atoms. The van der Waals surface area contributed by atoms with E-state index in [-0.39, 0.29) is 18.8 Å². The minimum Gasteiger partial charge on any atom is -0.481 e. The van der Waals surface area contributed by atoms with Crippen LogP contribution in [0.25, 0.3) is 0 Å². The monoisotopic (exact) mass is 263 g/mol. The molecule has 1 amide bonds. The van der Waals surface area contributed by atoms with Gasteiger partial charge in [0.25, 0.3) is 0 Å². The van der Waals surface area contributed by atoms with Crippen molar-refractivity contribution in [1.82, 2.24) is 0 Å². The number of carbonyl (C=O) groups is 3. The number of amides is 1. The van der Waals surface area contributed by atoms with E-state index in [1.165, 1.54) is 11.8 Å². The van der Waals surface area contributed by atoms with Crippen molar-refractivity contribution in [2.24, 2.45) is 0 Å². The number of Topliss-reactive ketones (excluding diaryl/α,β-unsaturated/α-hetero) is 1. The molecule has 6 nitrogen and oxygen atoms in total. The van der Waals surface area contributed by atoms with Crippen LogP contribution in [0.1, 0.15) is 23.7 Å². The molecular formula is C13H13NO5. The molecule has 0 radical (unpaired) electrons. The Morgan fingerprint density at radius 2 is 2.21 bits per heavy atom. The number of carbonyl (C=O) groups excluding carboxylic acids is 2. The molecule has 1 aromatic rings. The zero-order valence-corrected chi connectivity index (χ0v) is 10.3. The van der Waals surface area contributed by atoms with Gasteiger partial charge in [-0.1, -0.05) is 12.1 Å². The Morgan fingerprint density at radius 3 is 2.84 bits per heavy atom. The van der Waals surface area contributed by atoms with Crippen LogP contribution >= 0.6 is 0 Å². The molecule has 1 fully saturated rings. The summed E-state index contributed by atoms with van der Waals surface area (Å²) in [6, 6.07) is 5.94. The maximum Gasteiger partial charge on any atom is 0.414 e. The number of ether oxygens (including phenoxy) is 1. The van der Waals surface area contributed by atoms with Gasteiger partial charge < -0.3 is 9.84 Å². The number of nitrogens with zero attached hydrogens (tertiary/aromatic N) is 1. The van der Waals surface area contributed by atoms with Crippen LogP contribution in [-0.2, 0) is 9.53 Å². The predicted molar refractivity (Wildman–Crippen MR) is 66.3 cm³/mol. The van der Waals surface area contributed by atoms with Gasteiger partial charge >= 0.3 is 12.1 Å². The summed E-state index contributed by atoms with van der Waals surface area (Å²) in [4.78, 5) is 35.0. The van der Waals surface area contributed by atoms with Crippen LogP contribution in [0.15, 0.2) is 24.3 Å². The van der Waals surface area contributed by atoms with Gasteiger partial charge in [0.05, 0.1) is 12.5 Å². The van der Waals surface area contributed by atoms with Crippen molar-refractivity contribution in [2.75, 3.05) is 11.5 Å². The number of carboxylic acid groups (broad SMARTS) is 1. The molecule has 1 saturated heterocycles. The molecule has 1 atom stereocenters. The average molecular weight is 263 g/mol. The fraction of sp³-hybridized carbons (Fsp3) is 0.308. The zero-order valence-electron chi connectivity index (χ0n) is 10.3. The van der Waals surface area contributed by atoms with Gasteiger partial charge in [0.1, 0.15) is 6.61 Å². The van der Waals surface area contributed by atoms with E-state index in [1.807, 2.05) is 0 Å². The summed E-state index contributed by atoms with van der Waals surface area (Å²) in [5.74, 6) is -1.12. The first-order valence-electron chi connectivity index (χ1n) is 5.78. The molecule has 1 heterocycles. The van der Waals surface area contributed by atoms with Crippen molar-refractivity contribution in [1.29, 1.82) is 0 Å². The van der Waals surface area contributed by atoms with Gasteiger partial charge in [-0.05, 0) is 19.1 Å². The Labute approximate surface area is 109 Å². The number of hydrogen-bond donors (Lipinski definition) is 1. The Hall–Kier alpha value is -2.37. The molecule has 0 saturated carbocycles. The van der Waals surface area contributed by atoms with Crippen LogP contribution in [0, 0.1) is 0 Å². The van der Waals surface area contributed by atoms with Crippen molar-refractivity contribution in [3.8, 4) is 0 Å². The smallest absolute Gasteiger partial charge is 0.414 e. The fourth-order valence-corrected chi connectivity index (χ4v) is 2.00. The van der Waals surface area contributed by atoms with E-state index in [2.05, 4.69) is 0 Å². The lowest BCUT2D eigenvalue weighted by molar-refractivity contribution is -0.137. The summed E-state index contributed by atoms with van der Waals surface area (Å²) >= 11 is 0. The van der Waals surface area contributed by atoms with Gasteiger partial charge in [0.15, 0.2) is 5.78 Å². The van der Waals surface area contributed by atoms with E-state index in [9.17, 15) is 14.4 Å². The molecule has 0 spiro atoms. The Balaban J connectivity index is 2.32. The third-order valence-electron chi connectivity index (χ3n) is 2.90. The second-order valence-electron chi connectivity index (χ2n) is 4.31. The van der Waals surface area contributed by atoms with Gasteiger partial charge in [0, 0.05) is 11.3 Å². The summed E-state index contributed by atoms with van der Waals surface area (Å²) in [5.41, 5.74) is 0.938. The average Bonchev–Trinajstić information content (AvgIpc) is 2.69. The highest BCUT2D eigenvalue weighted by Crippen LogP contribution is 2.25. The van der Waals surface area contributed by atoms with Gasteiger partial charge in [-0.25, -0.2) is 4.79 Å². The quantitative estimate of drug-likeness (QED) is 0.835. The van der Waals surface area contributed by atoms with Crippen LogP contribution in [0.2, 0.25) is 0 Å². The topological polar surface area (TPSA) is 83.9 Å². The highest BCUT2D eigenvalue weighted by molar-refractivity contribution is 5.97. The highest BCUT2D eigenvalue weighted by atomic mass is 16.6. The lowest BCUT2D eigenvalue weighted by Gasteiger charge is -2.20. The van der Waals surface area contributed by atoms with E-state index in [0.717, 1.165) is 0 Å². The molecule has 1 aliphatic rings. The first-order valence-corrected chi connectivity index (χ1v) is 5.78. The van der Waals surface area contributed by atoms with Crippen LogP contribution in [0.3, 0.4) is 0 Å². The van der Waals surface area contributed by atoms with Gasteiger partial charge in [-0.2, -0.15) is 0 Å². The molecule has 1 N–H and O–H groups in total. The number of ketones is 1. The predicted octanol–water partition coefficient (Wildman–Crippen LogP) is 1.69. The molecule has 1 aromatic carbocycles. The molecule has 0 aliphatic carbocycles. The summed E-state index contributed by atoms with van der Waals surface area (Å²) in [7, 11) is 0. The van der Waals surface area contributed by atoms with Gasteiger partial charge in [-0.3, -0.25) is 14.5 Å². The minimum atomic E-state index is -1.00. The summed E-state index contributed by atoms with van der Waals surface area (Å²) in [6.45, 7) is 1.46. The minimum absolute atomic E-state index is 0.0371. The van der Waals surface area contributed by atoms with E-state index < -0.39 is 18.1 Å². The van der Waals surface area contributed by atoms with Crippen molar-refractivity contribution in [3.05, 3.63) is 29.8 Å². The summed E-state index contributed by atoms with van der Waals surface area (Å²) < 4.78 is 4.87. The number of benzene rings is 1. The summed E-state index contributed by atoms with van der Waals surface area (Å²) in [6.07, 6.45) is -0.789. The van der Waals surface area contributed by atoms with Crippen molar-refractivity contribution in [2.45, 2.75) is 19.4 Å². The SMILES string of the molecule is CC(=O)c1cccc(N2C(=O)OCC2CC(=O)O)c1. The van der Waals surface area contributed by atoms with Gasteiger partial charge in [0.2, 0.25) is 0 Å². The zero-order chi connectivity index (χ0) is 14.0. The normalized spacial score (nSPS) is 18.3. The third kappa shape index (κ3) is 2.73. The van der Waals surface area contributed by atoms with Crippen molar-refractivity contribution >= 4 is 23.5 Å². The second kappa shape index (κ2) is 5.09. The molecule has 1 unspecified atom stereocenters. The molecular weight excluding hydrogens is 250 g/mol. The van der Waals surface area contributed by atoms with Crippen LogP contribution in [-0.4, -0.2) is 35.6 Å². The first-order chi connectivity index (χ1) is 8.99. The number of rotatable bonds is 4. The Kier molecular flexibility index (Phi) is 3.50. The molecule has 0 aromatic heterocycles. The lowest BCUT2D eigenvalue weighted by Crippen LogP contribution is -2.35. The Bertz CT molecular complexity index is 540. The first kappa shape index (κ1) is 13.1. The second-order valence-corrected chi connectivity index (χ2v) is 4.31. The Morgan fingerprint density at radius 1 is 1.47 bits per heavy atom. The largest absolute Gasteiger partial charge is 0.481 e. The fourth-order valence-electron chi connectivity index (χ4n) is 2.00. The standard InChI is InChI=1S/C13H13NO5/c1-8(15)9-3-2-4-10(5-9)14-11(6-12(16)17)7-19-13(14)18/h2-5,11H,6-7H2,1H3,(H,16,17). The van der Waals surface area contributed by atoms with E-state index in [4.69, 9.17) is 9.84 Å². The maximum atomic E-state index is 11.7. The maximum absolute atomic E-state index is 11.7. The third-order valence-corrected chi connectivity index (χ3v) is 2.90. The number of anilines is 1. The molecule has 2 rings (SSSR count). The van der Waals surface area contributed by atoms with Crippen LogP contribution < -0.4 is 4.90 Å². The molecule has 19 heavy (non-hydrogen) atoms. The lowest BCUT2D eigenvalue weighted by atomic mass is 10.1. The van der Waals surface area contributed by atoms with Crippen molar-refractivity contribution < 1.29 is 24.2 Å². The highest BCUT2D eigenvalue weighted by Gasteiger charge is 2.35. The number of cyclic esters (lactones) is 1.